The highest BCUT2D eigenvalue weighted by Gasteiger charge is 2.35. The van der Waals surface area contributed by atoms with Gasteiger partial charge in [-0.05, 0) is 45.2 Å². The number of hydrogen-bond acceptors (Lipinski definition) is 2. The Hall–Kier alpha value is -3.43. The summed E-state index contributed by atoms with van der Waals surface area (Å²) in [5, 5.41) is 4.01. The predicted octanol–water partition coefficient (Wildman–Crippen LogP) is 6.27. The van der Waals surface area contributed by atoms with Crippen LogP contribution >= 0.6 is 11.3 Å². The fraction of sp³-hybridized carbons (Fsp3) is 0.0741. The van der Waals surface area contributed by atoms with Crippen molar-refractivity contribution in [2.45, 2.75) is 12.5 Å². The van der Waals surface area contributed by atoms with E-state index in [0.29, 0.717) is 6.54 Å². The van der Waals surface area contributed by atoms with Gasteiger partial charge < -0.3 is 4.57 Å². The number of fused-ring (bicyclic) bond motifs is 5. The Bertz CT molecular complexity index is 1430. The standard InChI is InChI=1S/C27H19NOS/c29-27-21-14-8-7-13-20(21)24-23(19-11-5-2-6-12-19)22-15-16-30-26(22)25(24)28(27)17-18-9-3-1-4-10-18/h1-16,23H,17H2. The van der Waals surface area contributed by atoms with Crippen molar-refractivity contribution in [2.24, 2.45) is 0 Å². The highest BCUT2D eigenvalue weighted by Crippen LogP contribution is 2.52. The first-order chi connectivity index (χ1) is 14.8. The fourth-order valence-corrected chi connectivity index (χ4v) is 5.77. The minimum atomic E-state index is 0.0845. The van der Waals surface area contributed by atoms with E-state index in [2.05, 4.69) is 60.0 Å². The van der Waals surface area contributed by atoms with Crippen LogP contribution in [0.3, 0.4) is 0 Å². The molecule has 0 spiro atoms. The van der Waals surface area contributed by atoms with Crippen LogP contribution in [0.25, 0.3) is 21.3 Å². The van der Waals surface area contributed by atoms with Gasteiger partial charge in [-0.3, -0.25) is 4.79 Å². The van der Waals surface area contributed by atoms with Gasteiger partial charge in [0, 0.05) is 11.3 Å². The molecule has 1 unspecified atom stereocenters. The maximum absolute atomic E-state index is 13.6. The minimum Gasteiger partial charge on any atom is -0.302 e. The van der Waals surface area contributed by atoms with Gasteiger partial charge in [-0.25, -0.2) is 0 Å². The van der Waals surface area contributed by atoms with Crippen molar-refractivity contribution in [1.29, 1.82) is 0 Å². The summed E-state index contributed by atoms with van der Waals surface area (Å²) < 4.78 is 1.99. The molecule has 2 heterocycles. The van der Waals surface area contributed by atoms with Crippen LogP contribution in [0.1, 0.15) is 28.2 Å². The van der Waals surface area contributed by atoms with Gasteiger partial charge in [0.1, 0.15) is 0 Å². The lowest BCUT2D eigenvalue weighted by atomic mass is 9.88. The van der Waals surface area contributed by atoms with Gasteiger partial charge in [0.2, 0.25) is 0 Å². The van der Waals surface area contributed by atoms with Crippen LogP contribution in [-0.4, -0.2) is 4.57 Å². The third kappa shape index (κ3) is 2.52. The number of rotatable bonds is 3. The van der Waals surface area contributed by atoms with Crippen LogP contribution in [-0.2, 0) is 6.54 Å². The van der Waals surface area contributed by atoms with Crippen molar-refractivity contribution in [3.8, 4) is 10.6 Å². The van der Waals surface area contributed by atoms with E-state index in [4.69, 9.17) is 0 Å². The Morgan fingerprint density at radius 2 is 1.43 bits per heavy atom. The van der Waals surface area contributed by atoms with Crippen molar-refractivity contribution in [3.63, 3.8) is 0 Å². The molecule has 1 aliphatic rings. The van der Waals surface area contributed by atoms with Gasteiger partial charge in [0.15, 0.2) is 0 Å². The van der Waals surface area contributed by atoms with Gasteiger partial charge >= 0.3 is 0 Å². The Morgan fingerprint density at radius 3 is 2.20 bits per heavy atom. The zero-order valence-electron chi connectivity index (χ0n) is 16.3. The van der Waals surface area contributed by atoms with E-state index >= 15 is 0 Å². The Kier molecular flexibility index (Phi) is 3.96. The van der Waals surface area contributed by atoms with Gasteiger partial charge in [0.05, 0.1) is 17.1 Å². The van der Waals surface area contributed by atoms with Crippen molar-refractivity contribution in [1.82, 2.24) is 4.57 Å². The first-order valence-corrected chi connectivity index (χ1v) is 11.0. The van der Waals surface area contributed by atoms with Gasteiger partial charge in [-0.1, -0.05) is 78.9 Å². The quantitative estimate of drug-likeness (QED) is 0.340. The van der Waals surface area contributed by atoms with Crippen molar-refractivity contribution < 1.29 is 0 Å². The van der Waals surface area contributed by atoms with E-state index in [1.807, 2.05) is 41.0 Å². The molecular weight excluding hydrogens is 386 g/mol. The average Bonchev–Trinajstić information content (AvgIpc) is 3.39. The largest absolute Gasteiger partial charge is 0.302 e. The van der Waals surface area contributed by atoms with Crippen LogP contribution in [0.5, 0.6) is 0 Å². The first-order valence-electron chi connectivity index (χ1n) is 10.1. The molecule has 0 N–H and O–H groups in total. The van der Waals surface area contributed by atoms with Crippen LogP contribution < -0.4 is 5.56 Å². The van der Waals surface area contributed by atoms with E-state index in [1.54, 1.807) is 11.3 Å². The number of benzene rings is 3. The van der Waals surface area contributed by atoms with E-state index in [0.717, 1.165) is 22.0 Å². The molecule has 2 nitrogen and oxygen atoms in total. The van der Waals surface area contributed by atoms with Gasteiger partial charge in [-0.2, -0.15) is 0 Å². The molecule has 0 saturated heterocycles. The summed E-state index contributed by atoms with van der Waals surface area (Å²) in [6, 6.07) is 31.2. The lowest BCUT2D eigenvalue weighted by molar-refractivity contribution is 0.774. The second-order valence-electron chi connectivity index (χ2n) is 7.73. The lowest BCUT2D eigenvalue weighted by Crippen LogP contribution is -2.23. The molecule has 2 aromatic heterocycles. The van der Waals surface area contributed by atoms with Crippen molar-refractivity contribution in [3.05, 3.63) is 129 Å². The second-order valence-corrected chi connectivity index (χ2v) is 8.65. The molecule has 30 heavy (non-hydrogen) atoms. The Labute approximate surface area is 178 Å². The van der Waals surface area contributed by atoms with Crippen molar-refractivity contribution >= 4 is 22.1 Å². The molecule has 0 bridgehead atoms. The molecule has 5 aromatic rings. The third-order valence-electron chi connectivity index (χ3n) is 6.04. The van der Waals surface area contributed by atoms with Gasteiger partial charge in [0.25, 0.3) is 5.56 Å². The molecule has 3 heteroatoms. The zero-order chi connectivity index (χ0) is 20.1. The zero-order valence-corrected chi connectivity index (χ0v) is 17.1. The summed E-state index contributed by atoms with van der Waals surface area (Å²) >= 11 is 1.74. The molecular formula is C27H19NOS. The molecule has 0 fully saturated rings. The topological polar surface area (TPSA) is 22.0 Å². The lowest BCUT2D eigenvalue weighted by Gasteiger charge is -2.19. The van der Waals surface area contributed by atoms with E-state index in [1.165, 1.54) is 21.6 Å². The molecule has 0 saturated carbocycles. The summed E-state index contributed by atoms with van der Waals surface area (Å²) in [6.45, 7) is 0.575. The van der Waals surface area contributed by atoms with E-state index in [9.17, 15) is 4.79 Å². The number of pyridine rings is 1. The smallest absolute Gasteiger partial charge is 0.259 e. The molecule has 0 radical (unpaired) electrons. The van der Waals surface area contributed by atoms with Crippen LogP contribution in [0.15, 0.2) is 101 Å². The summed E-state index contributed by atoms with van der Waals surface area (Å²) in [5.74, 6) is 0.148. The molecule has 1 atom stereocenters. The molecule has 0 amide bonds. The summed E-state index contributed by atoms with van der Waals surface area (Å²) in [4.78, 5) is 14.9. The van der Waals surface area contributed by atoms with E-state index < -0.39 is 0 Å². The highest BCUT2D eigenvalue weighted by atomic mass is 32.1. The van der Waals surface area contributed by atoms with Crippen molar-refractivity contribution in [2.75, 3.05) is 0 Å². The fourth-order valence-electron chi connectivity index (χ4n) is 4.76. The van der Waals surface area contributed by atoms with Crippen LogP contribution in [0, 0.1) is 0 Å². The minimum absolute atomic E-state index is 0.0845. The Morgan fingerprint density at radius 1 is 0.767 bits per heavy atom. The number of nitrogens with zero attached hydrogens (tertiary/aromatic N) is 1. The molecule has 144 valence electrons. The summed E-state index contributed by atoms with van der Waals surface area (Å²) in [5.41, 5.74) is 6.14. The normalized spacial score (nSPS) is 14.6. The second kappa shape index (κ2) is 6.82. The Balaban J connectivity index is 1.72. The molecule has 1 aliphatic carbocycles. The first kappa shape index (κ1) is 17.4. The average molecular weight is 406 g/mol. The SMILES string of the molecule is O=c1c2ccccc2c2c(n1Cc1ccccc1)-c1sccc1C2c1ccccc1. The molecule has 6 rings (SSSR count). The monoisotopic (exact) mass is 405 g/mol. The third-order valence-corrected chi connectivity index (χ3v) is 6.98. The predicted molar refractivity (Wildman–Crippen MR) is 124 cm³/mol. The summed E-state index contributed by atoms with van der Waals surface area (Å²) in [7, 11) is 0. The number of hydrogen-bond donors (Lipinski definition) is 0. The maximum Gasteiger partial charge on any atom is 0.259 e. The highest BCUT2D eigenvalue weighted by molar-refractivity contribution is 7.13. The number of thiophene rings is 1. The molecule has 0 aliphatic heterocycles. The van der Waals surface area contributed by atoms with Crippen LogP contribution in [0.4, 0.5) is 0 Å². The summed E-state index contributed by atoms with van der Waals surface area (Å²) in [6.07, 6.45) is 0. The van der Waals surface area contributed by atoms with Crippen LogP contribution in [0.2, 0.25) is 0 Å². The number of aromatic nitrogens is 1. The molecule has 3 aromatic carbocycles. The van der Waals surface area contributed by atoms with E-state index in [-0.39, 0.29) is 11.5 Å². The maximum atomic E-state index is 13.6. The van der Waals surface area contributed by atoms with Gasteiger partial charge in [-0.15, -0.1) is 11.3 Å².